The monoisotopic (exact) mass is 381 g/mol. The van der Waals surface area contributed by atoms with Crippen molar-refractivity contribution < 1.29 is 14.0 Å². The van der Waals surface area contributed by atoms with Gasteiger partial charge in [-0.1, -0.05) is 17.3 Å². The highest BCUT2D eigenvalue weighted by molar-refractivity contribution is 5.83. The Morgan fingerprint density at radius 3 is 2.93 bits per heavy atom. The van der Waals surface area contributed by atoms with Gasteiger partial charge in [0.2, 0.25) is 5.82 Å². The fourth-order valence-corrected chi connectivity index (χ4v) is 3.67. The van der Waals surface area contributed by atoms with Gasteiger partial charge in [0, 0.05) is 20.3 Å². The number of rotatable bonds is 5. The van der Waals surface area contributed by atoms with Crippen molar-refractivity contribution in [3.8, 4) is 11.6 Å². The Morgan fingerprint density at radius 2 is 2.14 bits per heavy atom. The normalized spacial score (nSPS) is 17.1. The molecule has 9 heteroatoms. The Kier molecular flexibility index (Phi) is 4.18. The van der Waals surface area contributed by atoms with Gasteiger partial charge >= 0.3 is 0 Å². The average Bonchev–Trinajstić information content (AvgIpc) is 3.47. The van der Waals surface area contributed by atoms with E-state index in [9.17, 15) is 4.79 Å². The van der Waals surface area contributed by atoms with Crippen molar-refractivity contribution >= 4 is 16.6 Å². The first-order valence-electron chi connectivity index (χ1n) is 9.21. The molecular formula is C19H19N5O4. The van der Waals surface area contributed by atoms with E-state index < -0.39 is 0 Å². The van der Waals surface area contributed by atoms with Crippen LogP contribution in [0.3, 0.4) is 0 Å². The number of hydrogen-bond acceptors (Lipinski definition) is 7. The van der Waals surface area contributed by atoms with Crippen molar-refractivity contribution in [2.75, 3.05) is 20.3 Å². The molecule has 4 heterocycles. The van der Waals surface area contributed by atoms with Crippen LogP contribution in [-0.2, 0) is 16.0 Å². The van der Waals surface area contributed by atoms with Crippen LogP contribution in [0.15, 0.2) is 39.9 Å². The average molecular weight is 381 g/mol. The summed E-state index contributed by atoms with van der Waals surface area (Å²) in [4.78, 5) is 22.2. The van der Waals surface area contributed by atoms with Crippen LogP contribution >= 0.6 is 0 Å². The maximum absolute atomic E-state index is 13.3. The van der Waals surface area contributed by atoms with Crippen molar-refractivity contribution in [1.82, 2.24) is 24.1 Å². The van der Waals surface area contributed by atoms with E-state index in [0.717, 1.165) is 23.9 Å². The van der Waals surface area contributed by atoms with E-state index in [-0.39, 0.29) is 17.6 Å². The van der Waals surface area contributed by atoms with Gasteiger partial charge in [0.05, 0.1) is 17.6 Å². The van der Waals surface area contributed by atoms with E-state index in [1.165, 1.54) is 0 Å². The van der Waals surface area contributed by atoms with Crippen molar-refractivity contribution in [2.24, 2.45) is 0 Å². The molecule has 1 fully saturated rings. The van der Waals surface area contributed by atoms with Gasteiger partial charge in [-0.25, -0.2) is 4.98 Å². The zero-order chi connectivity index (χ0) is 19.1. The molecule has 1 saturated heterocycles. The van der Waals surface area contributed by atoms with Gasteiger partial charge in [-0.2, -0.15) is 4.98 Å². The van der Waals surface area contributed by atoms with Gasteiger partial charge in [0.1, 0.15) is 17.9 Å². The largest absolute Gasteiger partial charge is 0.383 e. The second-order valence-corrected chi connectivity index (χ2v) is 6.71. The molecule has 1 atom stereocenters. The van der Waals surface area contributed by atoms with E-state index in [1.54, 1.807) is 22.4 Å². The topological polar surface area (TPSA) is 96.7 Å². The van der Waals surface area contributed by atoms with Crippen LogP contribution in [0, 0.1) is 0 Å². The standard InChI is InChI=1S/C19H19N5O4/c1-26-10-8-23-12-5-2-3-6-13(12)24-11-20-15(16(24)19(23)25)18-21-17(22-28-18)14-7-4-9-27-14/h2-3,5-6,11,14H,4,7-10H2,1H3. The summed E-state index contributed by atoms with van der Waals surface area (Å²) in [5, 5.41) is 4.04. The van der Waals surface area contributed by atoms with Gasteiger partial charge in [0.15, 0.2) is 5.69 Å². The molecule has 0 N–H and O–H groups in total. The van der Waals surface area contributed by atoms with Crippen LogP contribution in [0.25, 0.3) is 28.1 Å². The first-order valence-corrected chi connectivity index (χ1v) is 9.21. The maximum Gasteiger partial charge on any atom is 0.279 e. The molecule has 0 bridgehead atoms. The van der Waals surface area contributed by atoms with Crippen LogP contribution in [0.5, 0.6) is 0 Å². The fourth-order valence-electron chi connectivity index (χ4n) is 3.67. The smallest absolute Gasteiger partial charge is 0.279 e. The molecule has 1 unspecified atom stereocenters. The molecule has 0 amide bonds. The van der Waals surface area contributed by atoms with Gasteiger partial charge in [0.25, 0.3) is 11.4 Å². The highest BCUT2D eigenvalue weighted by atomic mass is 16.5. The Hall–Kier alpha value is -3.04. The van der Waals surface area contributed by atoms with Crippen molar-refractivity contribution in [3.63, 3.8) is 0 Å². The molecule has 1 aliphatic heterocycles. The maximum atomic E-state index is 13.3. The number of ether oxygens (including phenoxy) is 2. The van der Waals surface area contributed by atoms with Crippen LogP contribution in [0.1, 0.15) is 24.8 Å². The van der Waals surface area contributed by atoms with E-state index in [2.05, 4.69) is 15.1 Å². The van der Waals surface area contributed by atoms with Crippen LogP contribution < -0.4 is 5.56 Å². The zero-order valence-electron chi connectivity index (χ0n) is 15.4. The molecule has 0 aliphatic carbocycles. The van der Waals surface area contributed by atoms with Gasteiger partial charge in [-0.15, -0.1) is 0 Å². The molecule has 5 rings (SSSR count). The summed E-state index contributed by atoms with van der Waals surface area (Å²) < 4.78 is 19.7. The van der Waals surface area contributed by atoms with Gasteiger partial charge in [-0.05, 0) is 25.0 Å². The fraction of sp³-hybridized carbons (Fsp3) is 0.368. The van der Waals surface area contributed by atoms with Gasteiger partial charge in [-0.3, -0.25) is 9.20 Å². The molecular weight excluding hydrogens is 362 g/mol. The lowest BCUT2D eigenvalue weighted by Crippen LogP contribution is -2.24. The second kappa shape index (κ2) is 6.84. The van der Waals surface area contributed by atoms with Crippen molar-refractivity contribution in [2.45, 2.75) is 25.5 Å². The van der Waals surface area contributed by atoms with Gasteiger partial charge < -0.3 is 18.6 Å². The number of fused-ring (bicyclic) bond motifs is 3. The molecule has 0 radical (unpaired) electrons. The number of imidazole rings is 1. The summed E-state index contributed by atoms with van der Waals surface area (Å²) in [7, 11) is 1.61. The molecule has 1 aliphatic rings. The zero-order valence-corrected chi connectivity index (χ0v) is 15.4. The molecule has 144 valence electrons. The predicted octanol–water partition coefficient (Wildman–Crippen LogP) is 2.20. The van der Waals surface area contributed by atoms with Crippen LogP contribution in [-0.4, -0.2) is 44.4 Å². The molecule has 4 aromatic rings. The molecule has 1 aromatic carbocycles. The minimum absolute atomic E-state index is 0.162. The number of hydrogen-bond donors (Lipinski definition) is 0. The Balaban J connectivity index is 1.71. The SMILES string of the molecule is COCCn1c(=O)c2c(-c3nc(C4CCCO4)no3)ncn2c2ccccc21. The van der Waals surface area contributed by atoms with E-state index in [0.29, 0.717) is 36.8 Å². The lowest BCUT2D eigenvalue weighted by atomic mass is 10.2. The van der Waals surface area contributed by atoms with Crippen LogP contribution in [0.4, 0.5) is 0 Å². The number of benzene rings is 1. The lowest BCUT2D eigenvalue weighted by molar-refractivity contribution is 0.103. The summed E-state index contributed by atoms with van der Waals surface area (Å²) in [6.07, 6.45) is 3.28. The third kappa shape index (κ3) is 2.62. The second-order valence-electron chi connectivity index (χ2n) is 6.71. The summed E-state index contributed by atoms with van der Waals surface area (Å²) in [6.45, 7) is 1.55. The van der Waals surface area contributed by atoms with Crippen LogP contribution in [0.2, 0.25) is 0 Å². The van der Waals surface area contributed by atoms with Crippen molar-refractivity contribution in [1.29, 1.82) is 0 Å². The predicted molar refractivity (Wildman–Crippen MR) is 100 cm³/mol. The highest BCUT2D eigenvalue weighted by Gasteiger charge is 2.26. The van der Waals surface area contributed by atoms with E-state index in [1.807, 2.05) is 24.3 Å². The quantitative estimate of drug-likeness (QED) is 0.523. The number of methoxy groups -OCH3 is 1. The molecule has 28 heavy (non-hydrogen) atoms. The summed E-state index contributed by atoms with van der Waals surface area (Å²) in [6, 6.07) is 7.69. The highest BCUT2D eigenvalue weighted by Crippen LogP contribution is 2.29. The first kappa shape index (κ1) is 17.1. The Bertz CT molecular complexity index is 1200. The number of nitrogens with zero attached hydrogens (tertiary/aromatic N) is 5. The Morgan fingerprint density at radius 1 is 1.29 bits per heavy atom. The molecule has 9 nitrogen and oxygen atoms in total. The van der Waals surface area contributed by atoms with Crippen molar-refractivity contribution in [3.05, 3.63) is 46.8 Å². The number of para-hydroxylation sites is 2. The molecule has 0 saturated carbocycles. The third-order valence-electron chi connectivity index (χ3n) is 5.03. The number of aromatic nitrogens is 5. The third-order valence-corrected chi connectivity index (χ3v) is 5.03. The summed E-state index contributed by atoms with van der Waals surface area (Å²) in [5.74, 6) is 0.716. The molecule has 0 spiro atoms. The lowest BCUT2D eigenvalue weighted by Gasteiger charge is -2.11. The minimum Gasteiger partial charge on any atom is -0.383 e. The summed E-state index contributed by atoms with van der Waals surface area (Å²) >= 11 is 0. The Labute approximate surface area is 159 Å². The van der Waals surface area contributed by atoms with E-state index >= 15 is 0 Å². The van der Waals surface area contributed by atoms with E-state index in [4.69, 9.17) is 14.0 Å². The minimum atomic E-state index is -0.180. The first-order chi connectivity index (χ1) is 13.8. The summed E-state index contributed by atoms with van der Waals surface area (Å²) in [5.41, 5.74) is 2.27. The molecule has 3 aromatic heterocycles.